The number of hydroxylamine groups is 2. The van der Waals surface area contributed by atoms with E-state index < -0.39 is 17.7 Å². The van der Waals surface area contributed by atoms with Crippen LogP contribution in [0.15, 0.2) is 48.5 Å². The van der Waals surface area contributed by atoms with E-state index in [1.807, 2.05) is 20.8 Å². The van der Waals surface area contributed by atoms with Crippen molar-refractivity contribution >= 4 is 46.6 Å². The molecule has 2 N–H and O–H groups in total. The van der Waals surface area contributed by atoms with E-state index in [1.165, 1.54) is 4.90 Å². The van der Waals surface area contributed by atoms with E-state index >= 15 is 0 Å². The number of rotatable bonds is 5. The maximum Gasteiger partial charge on any atom is 0.347 e. The minimum Gasteiger partial charge on any atom is -0.315 e. The molecule has 160 valence electrons. The summed E-state index contributed by atoms with van der Waals surface area (Å²) >= 11 is 11.9. The Bertz CT molecular complexity index is 919. The van der Waals surface area contributed by atoms with Gasteiger partial charge in [-0.1, -0.05) is 30.1 Å². The fraction of sp³-hybridized carbons (Fsp3) is 0.333. The maximum atomic E-state index is 13.3. The minimum absolute atomic E-state index is 0.299. The lowest BCUT2D eigenvalue weighted by Crippen LogP contribution is -2.58. The van der Waals surface area contributed by atoms with Gasteiger partial charge in [0, 0.05) is 28.0 Å². The predicted octanol–water partition coefficient (Wildman–Crippen LogP) is 5.67. The van der Waals surface area contributed by atoms with Gasteiger partial charge in [0.2, 0.25) is 0 Å². The SMILES string of the molecule is CCCN1C(=O)N(c2ccc(Cl)cc2)[C@H](N(O)C(=O)Nc2ccc(Cl)cc2)C1(C)C. The zero-order valence-corrected chi connectivity index (χ0v) is 18.5. The van der Waals surface area contributed by atoms with Crippen LogP contribution < -0.4 is 10.2 Å². The highest BCUT2D eigenvalue weighted by Gasteiger charge is 2.55. The van der Waals surface area contributed by atoms with E-state index in [4.69, 9.17) is 23.2 Å². The highest BCUT2D eigenvalue weighted by molar-refractivity contribution is 6.31. The molecule has 0 aliphatic carbocycles. The Morgan fingerprint density at radius 1 is 1.10 bits per heavy atom. The third-order valence-corrected chi connectivity index (χ3v) is 5.60. The maximum absolute atomic E-state index is 13.3. The smallest absolute Gasteiger partial charge is 0.315 e. The summed E-state index contributed by atoms with van der Waals surface area (Å²) in [5.74, 6) is 0. The molecular weight excluding hydrogens is 427 g/mol. The van der Waals surface area contributed by atoms with Gasteiger partial charge in [-0.25, -0.2) is 9.59 Å². The van der Waals surface area contributed by atoms with Crippen molar-refractivity contribution in [2.45, 2.75) is 38.9 Å². The molecule has 3 rings (SSSR count). The van der Waals surface area contributed by atoms with Crippen molar-refractivity contribution in [1.82, 2.24) is 9.96 Å². The minimum atomic E-state index is -0.968. The first-order valence-corrected chi connectivity index (χ1v) is 10.3. The second-order valence-electron chi connectivity index (χ2n) is 7.59. The predicted molar refractivity (Wildman–Crippen MR) is 118 cm³/mol. The molecule has 0 unspecified atom stereocenters. The van der Waals surface area contributed by atoms with Gasteiger partial charge in [0.1, 0.15) is 0 Å². The number of urea groups is 2. The van der Waals surface area contributed by atoms with Crippen LogP contribution >= 0.6 is 23.2 Å². The average Bonchev–Trinajstić information content (AvgIpc) is 2.90. The van der Waals surface area contributed by atoms with Gasteiger partial charge in [0.25, 0.3) is 0 Å². The highest BCUT2D eigenvalue weighted by atomic mass is 35.5. The molecular formula is C21H24Cl2N4O3. The molecule has 1 heterocycles. The molecule has 1 aliphatic rings. The van der Waals surface area contributed by atoms with Gasteiger partial charge in [0.05, 0.1) is 5.54 Å². The Hall–Kier alpha value is -2.48. The Labute approximate surface area is 185 Å². The van der Waals surface area contributed by atoms with Crippen LogP contribution in [0, 0.1) is 0 Å². The van der Waals surface area contributed by atoms with Crippen molar-refractivity contribution in [2.75, 3.05) is 16.8 Å². The first-order chi connectivity index (χ1) is 14.2. The quantitative estimate of drug-likeness (QED) is 0.454. The highest BCUT2D eigenvalue weighted by Crippen LogP contribution is 2.38. The van der Waals surface area contributed by atoms with Gasteiger partial charge >= 0.3 is 12.1 Å². The van der Waals surface area contributed by atoms with E-state index in [1.54, 1.807) is 53.4 Å². The molecule has 1 aliphatic heterocycles. The van der Waals surface area contributed by atoms with Crippen LogP contribution in [0.2, 0.25) is 10.0 Å². The monoisotopic (exact) mass is 450 g/mol. The number of nitrogens with zero attached hydrogens (tertiary/aromatic N) is 3. The molecule has 0 aromatic heterocycles. The fourth-order valence-corrected chi connectivity index (χ4v) is 3.88. The lowest BCUT2D eigenvalue weighted by Gasteiger charge is -2.38. The van der Waals surface area contributed by atoms with Crippen molar-refractivity contribution in [1.29, 1.82) is 0 Å². The van der Waals surface area contributed by atoms with Gasteiger partial charge in [-0.15, -0.1) is 0 Å². The van der Waals surface area contributed by atoms with Crippen molar-refractivity contribution in [3.05, 3.63) is 58.6 Å². The molecule has 9 heteroatoms. The molecule has 4 amide bonds. The van der Waals surface area contributed by atoms with E-state index in [-0.39, 0.29) is 6.03 Å². The molecule has 1 saturated heterocycles. The lowest BCUT2D eigenvalue weighted by atomic mass is 9.99. The number of carbonyl (C=O) groups excluding carboxylic acids is 2. The van der Waals surface area contributed by atoms with Gasteiger partial charge in [-0.05, 0) is 68.8 Å². The molecule has 2 aromatic carbocycles. The van der Waals surface area contributed by atoms with Gasteiger partial charge in [-0.2, -0.15) is 5.06 Å². The van der Waals surface area contributed by atoms with Crippen LogP contribution in [0.3, 0.4) is 0 Å². The summed E-state index contributed by atoms with van der Waals surface area (Å²) < 4.78 is 0. The normalized spacial score (nSPS) is 17.9. The molecule has 0 saturated carbocycles. The zero-order valence-electron chi connectivity index (χ0n) is 17.0. The second-order valence-corrected chi connectivity index (χ2v) is 8.46. The summed E-state index contributed by atoms with van der Waals surface area (Å²) in [7, 11) is 0. The fourth-order valence-electron chi connectivity index (χ4n) is 3.63. The summed E-state index contributed by atoms with van der Waals surface area (Å²) in [6.45, 7) is 6.09. The average molecular weight is 451 g/mol. The summed E-state index contributed by atoms with van der Waals surface area (Å²) in [5, 5.41) is 15.2. The number of nitrogens with one attached hydrogen (secondary N) is 1. The standard InChI is InChI=1S/C21H24Cl2N4O3/c1-4-13-25-20(29)26(17-11-7-15(23)8-12-17)18(21(25,2)3)27(30)19(28)24-16-9-5-14(22)6-10-16/h5-12,18,30H,4,13H2,1-3H3,(H,24,28)/t18-/m1/s1. The van der Waals surface area contributed by atoms with Crippen molar-refractivity contribution in [2.24, 2.45) is 0 Å². The van der Waals surface area contributed by atoms with Crippen LogP contribution in [0.4, 0.5) is 21.0 Å². The summed E-state index contributed by atoms with van der Waals surface area (Å²) in [6, 6.07) is 12.1. The molecule has 1 atom stereocenters. The summed E-state index contributed by atoms with van der Waals surface area (Å²) in [6.07, 6.45) is -0.233. The number of hydrogen-bond acceptors (Lipinski definition) is 3. The second kappa shape index (κ2) is 8.71. The van der Waals surface area contributed by atoms with Crippen LogP contribution in [0.5, 0.6) is 0 Å². The van der Waals surface area contributed by atoms with E-state index in [2.05, 4.69) is 5.32 Å². The molecule has 0 radical (unpaired) electrons. The van der Waals surface area contributed by atoms with Gasteiger partial charge in [-0.3, -0.25) is 10.1 Å². The number of hydrogen-bond donors (Lipinski definition) is 2. The van der Waals surface area contributed by atoms with Crippen LogP contribution in [0.1, 0.15) is 27.2 Å². The molecule has 1 fully saturated rings. The Balaban J connectivity index is 1.95. The molecule has 0 spiro atoms. The Kier molecular flexibility index (Phi) is 6.45. The van der Waals surface area contributed by atoms with Crippen molar-refractivity contribution < 1.29 is 14.8 Å². The van der Waals surface area contributed by atoms with E-state index in [0.29, 0.717) is 33.0 Å². The first kappa shape index (κ1) is 22.2. The molecule has 30 heavy (non-hydrogen) atoms. The van der Waals surface area contributed by atoms with E-state index in [0.717, 1.165) is 6.42 Å². The molecule has 7 nitrogen and oxygen atoms in total. The van der Waals surface area contributed by atoms with Gasteiger partial charge < -0.3 is 10.2 Å². The summed E-state index contributed by atoms with van der Waals surface area (Å²) in [4.78, 5) is 29.2. The molecule has 2 aromatic rings. The Morgan fingerprint density at radius 3 is 2.17 bits per heavy atom. The van der Waals surface area contributed by atoms with Crippen LogP contribution in [-0.4, -0.2) is 45.5 Å². The lowest BCUT2D eigenvalue weighted by molar-refractivity contribution is -0.0948. The topological polar surface area (TPSA) is 76.1 Å². The van der Waals surface area contributed by atoms with Crippen LogP contribution in [-0.2, 0) is 0 Å². The summed E-state index contributed by atoms with van der Waals surface area (Å²) in [5.41, 5.74) is 0.132. The third kappa shape index (κ3) is 4.19. The van der Waals surface area contributed by atoms with Crippen LogP contribution in [0.25, 0.3) is 0 Å². The largest absolute Gasteiger partial charge is 0.347 e. The number of benzene rings is 2. The number of carbonyl (C=O) groups is 2. The van der Waals surface area contributed by atoms with Crippen molar-refractivity contribution in [3.63, 3.8) is 0 Å². The first-order valence-electron chi connectivity index (χ1n) is 9.58. The van der Waals surface area contributed by atoms with Gasteiger partial charge in [0.15, 0.2) is 6.17 Å². The number of halogens is 2. The Morgan fingerprint density at radius 2 is 1.63 bits per heavy atom. The third-order valence-electron chi connectivity index (χ3n) is 5.10. The van der Waals surface area contributed by atoms with E-state index in [9.17, 15) is 14.8 Å². The number of anilines is 2. The number of amides is 4. The van der Waals surface area contributed by atoms with Crippen molar-refractivity contribution in [3.8, 4) is 0 Å². The zero-order chi connectivity index (χ0) is 22.1. The molecule has 0 bridgehead atoms.